The number of hydrogen-bond donors (Lipinski definition) is 3. The van der Waals surface area contributed by atoms with Gasteiger partial charge in [0.05, 0.1) is 39.5 Å². The maximum Gasteiger partial charge on any atom is 0.323 e. The van der Waals surface area contributed by atoms with Crippen LogP contribution in [0.2, 0.25) is 5.02 Å². The molecule has 0 saturated carbocycles. The number of anilines is 2. The molecule has 32 heavy (non-hydrogen) atoms. The second-order valence-corrected chi connectivity index (χ2v) is 9.53. The number of carbonyl (C=O) groups excluding carboxylic acids is 2. The molecule has 4 rings (SSSR count). The lowest BCUT2D eigenvalue weighted by Gasteiger charge is -2.09. The molecule has 2 aromatic heterocycles. The van der Waals surface area contributed by atoms with Crippen molar-refractivity contribution in [2.24, 2.45) is 0 Å². The number of urea groups is 1. The van der Waals surface area contributed by atoms with Gasteiger partial charge in [-0.25, -0.2) is 9.78 Å². The summed E-state index contributed by atoms with van der Waals surface area (Å²) in [7, 11) is 0. The van der Waals surface area contributed by atoms with E-state index in [9.17, 15) is 9.59 Å². The van der Waals surface area contributed by atoms with Gasteiger partial charge in [-0.2, -0.15) is 0 Å². The topological polar surface area (TPSA) is 96.3 Å². The van der Waals surface area contributed by atoms with E-state index >= 15 is 0 Å². The van der Waals surface area contributed by atoms with Crippen LogP contribution in [0.15, 0.2) is 63.6 Å². The quantitative estimate of drug-likeness (QED) is 0.282. The van der Waals surface area contributed by atoms with Crippen LogP contribution < -0.4 is 16.0 Å². The second kappa shape index (κ2) is 10.1. The molecule has 0 fully saturated rings. The summed E-state index contributed by atoms with van der Waals surface area (Å²) in [6.07, 6.45) is 1.57. The fourth-order valence-corrected chi connectivity index (χ4v) is 5.05. The SMILES string of the molecule is Cc1ccc(NC(=O)Nc2ccc3nc(SCC(=O)NCc4ccco4)sc3c2)c(Cl)c1. The van der Waals surface area contributed by atoms with E-state index in [0.717, 1.165) is 20.1 Å². The number of benzene rings is 2. The lowest BCUT2D eigenvalue weighted by molar-refractivity contribution is -0.118. The number of nitrogens with one attached hydrogen (secondary N) is 3. The molecule has 7 nitrogen and oxygen atoms in total. The van der Waals surface area contributed by atoms with Crippen molar-refractivity contribution in [3.05, 3.63) is 71.1 Å². The number of rotatable bonds is 7. The van der Waals surface area contributed by atoms with Gasteiger partial charge >= 0.3 is 6.03 Å². The van der Waals surface area contributed by atoms with E-state index < -0.39 is 0 Å². The fraction of sp³-hybridized carbons (Fsp3) is 0.136. The zero-order valence-corrected chi connectivity index (χ0v) is 19.4. The zero-order valence-electron chi connectivity index (χ0n) is 17.0. The number of fused-ring (bicyclic) bond motifs is 1. The molecule has 3 N–H and O–H groups in total. The summed E-state index contributed by atoms with van der Waals surface area (Å²) in [4.78, 5) is 28.9. The Balaban J connectivity index is 1.33. The minimum Gasteiger partial charge on any atom is -0.467 e. The van der Waals surface area contributed by atoms with Crippen molar-refractivity contribution in [2.75, 3.05) is 16.4 Å². The van der Waals surface area contributed by atoms with Gasteiger partial charge in [0.2, 0.25) is 5.91 Å². The molecule has 0 spiro atoms. The minimum absolute atomic E-state index is 0.0977. The first kappa shape index (κ1) is 22.2. The third kappa shape index (κ3) is 5.82. The molecule has 0 aliphatic carbocycles. The second-order valence-electron chi connectivity index (χ2n) is 6.87. The average Bonchev–Trinajstić information content (AvgIpc) is 3.42. The minimum atomic E-state index is -0.387. The Kier molecular flexibility index (Phi) is 6.99. The third-order valence-corrected chi connectivity index (χ3v) is 6.84. The van der Waals surface area contributed by atoms with Crippen LogP contribution in [0.4, 0.5) is 16.2 Å². The summed E-state index contributed by atoms with van der Waals surface area (Å²) in [6, 6.07) is 14.1. The van der Waals surface area contributed by atoms with Crippen LogP contribution in [-0.2, 0) is 11.3 Å². The Morgan fingerprint density at radius 2 is 2.03 bits per heavy atom. The van der Waals surface area contributed by atoms with E-state index in [2.05, 4.69) is 20.9 Å². The van der Waals surface area contributed by atoms with Gasteiger partial charge in [0.25, 0.3) is 0 Å². The molecule has 0 aliphatic heterocycles. The van der Waals surface area contributed by atoms with Gasteiger partial charge in [-0.3, -0.25) is 4.79 Å². The number of amides is 3. The van der Waals surface area contributed by atoms with E-state index in [-0.39, 0.29) is 17.7 Å². The van der Waals surface area contributed by atoms with Crippen LogP contribution in [0.5, 0.6) is 0 Å². The van der Waals surface area contributed by atoms with Crippen molar-refractivity contribution in [3.8, 4) is 0 Å². The summed E-state index contributed by atoms with van der Waals surface area (Å²) in [5, 5.41) is 8.83. The number of carbonyl (C=O) groups is 2. The Morgan fingerprint density at radius 1 is 1.16 bits per heavy atom. The van der Waals surface area contributed by atoms with Gasteiger partial charge in [0.15, 0.2) is 4.34 Å². The highest BCUT2D eigenvalue weighted by Gasteiger charge is 2.11. The first-order chi connectivity index (χ1) is 15.5. The zero-order chi connectivity index (χ0) is 22.5. The van der Waals surface area contributed by atoms with Crippen LogP contribution in [0.25, 0.3) is 10.2 Å². The maximum absolute atomic E-state index is 12.3. The predicted octanol–water partition coefficient (Wildman–Crippen LogP) is 5.90. The van der Waals surface area contributed by atoms with Gasteiger partial charge in [0.1, 0.15) is 5.76 Å². The van der Waals surface area contributed by atoms with Gasteiger partial charge in [-0.05, 0) is 55.0 Å². The van der Waals surface area contributed by atoms with E-state index in [1.807, 2.05) is 31.2 Å². The first-order valence-corrected chi connectivity index (χ1v) is 11.8. The van der Waals surface area contributed by atoms with Gasteiger partial charge in [0, 0.05) is 5.69 Å². The molecule has 2 heterocycles. The predicted molar refractivity (Wildman–Crippen MR) is 130 cm³/mol. The smallest absolute Gasteiger partial charge is 0.323 e. The number of aryl methyl sites for hydroxylation is 1. The van der Waals surface area contributed by atoms with Gasteiger partial charge in [-0.1, -0.05) is 29.4 Å². The highest BCUT2D eigenvalue weighted by Crippen LogP contribution is 2.31. The number of furan rings is 1. The van der Waals surface area contributed by atoms with Crippen LogP contribution >= 0.6 is 34.7 Å². The molecule has 3 amide bonds. The summed E-state index contributed by atoms with van der Waals surface area (Å²) in [5.74, 6) is 0.863. The third-order valence-electron chi connectivity index (χ3n) is 4.37. The molecule has 0 aliphatic rings. The van der Waals surface area contributed by atoms with Crippen LogP contribution in [0.1, 0.15) is 11.3 Å². The largest absolute Gasteiger partial charge is 0.467 e. The molecule has 10 heteroatoms. The average molecular weight is 487 g/mol. The van der Waals surface area contributed by atoms with Crippen LogP contribution in [-0.4, -0.2) is 22.7 Å². The van der Waals surface area contributed by atoms with Crippen LogP contribution in [0, 0.1) is 6.92 Å². The van der Waals surface area contributed by atoms with Gasteiger partial charge < -0.3 is 20.4 Å². The van der Waals surface area contributed by atoms with Crippen molar-refractivity contribution in [2.45, 2.75) is 17.8 Å². The van der Waals surface area contributed by atoms with E-state index in [1.54, 1.807) is 30.5 Å². The van der Waals surface area contributed by atoms with E-state index in [4.69, 9.17) is 16.0 Å². The van der Waals surface area contributed by atoms with E-state index in [0.29, 0.717) is 28.7 Å². The van der Waals surface area contributed by atoms with E-state index in [1.165, 1.54) is 23.1 Å². The summed E-state index contributed by atoms with van der Waals surface area (Å²) in [5.41, 5.74) is 2.99. The standard InChI is InChI=1S/C22H19ClN4O3S2/c1-13-4-6-17(16(23)9-13)26-21(29)25-14-5-7-18-19(10-14)32-22(27-18)31-12-20(28)24-11-15-3-2-8-30-15/h2-10H,11-12H2,1H3,(H,24,28)(H2,25,26,29). The van der Waals surface area contributed by atoms with Crippen molar-refractivity contribution in [1.82, 2.24) is 10.3 Å². The lowest BCUT2D eigenvalue weighted by atomic mass is 10.2. The van der Waals surface area contributed by atoms with Crippen molar-refractivity contribution in [3.63, 3.8) is 0 Å². The fourth-order valence-electron chi connectivity index (χ4n) is 2.83. The first-order valence-electron chi connectivity index (χ1n) is 9.63. The Morgan fingerprint density at radius 3 is 2.81 bits per heavy atom. The Bertz CT molecular complexity index is 1260. The summed E-state index contributed by atoms with van der Waals surface area (Å²) < 4.78 is 6.89. The molecule has 164 valence electrons. The Labute approximate surface area is 197 Å². The number of thioether (sulfide) groups is 1. The van der Waals surface area contributed by atoms with Crippen molar-refractivity contribution in [1.29, 1.82) is 0 Å². The molecule has 0 saturated heterocycles. The number of halogens is 1. The highest BCUT2D eigenvalue weighted by atomic mass is 35.5. The normalized spacial score (nSPS) is 10.8. The molecule has 0 bridgehead atoms. The lowest BCUT2D eigenvalue weighted by Crippen LogP contribution is -2.24. The number of nitrogens with zero attached hydrogens (tertiary/aromatic N) is 1. The van der Waals surface area contributed by atoms with Crippen molar-refractivity contribution >= 4 is 68.2 Å². The number of thiazole rings is 1. The molecule has 0 unspecified atom stereocenters. The Hall–Kier alpha value is -3.01. The summed E-state index contributed by atoms with van der Waals surface area (Å²) >= 11 is 9.00. The van der Waals surface area contributed by atoms with Crippen LogP contribution in [0.3, 0.4) is 0 Å². The highest BCUT2D eigenvalue weighted by molar-refractivity contribution is 8.01. The van der Waals surface area contributed by atoms with Crippen molar-refractivity contribution < 1.29 is 14.0 Å². The maximum atomic E-state index is 12.3. The molecule has 0 radical (unpaired) electrons. The van der Waals surface area contributed by atoms with Gasteiger partial charge in [-0.15, -0.1) is 11.3 Å². The molecular formula is C22H19ClN4O3S2. The molecule has 2 aromatic carbocycles. The number of aromatic nitrogens is 1. The summed E-state index contributed by atoms with van der Waals surface area (Å²) in [6.45, 7) is 2.29. The molecule has 0 atom stereocenters. The number of hydrogen-bond acceptors (Lipinski definition) is 6. The monoisotopic (exact) mass is 486 g/mol. The molecular weight excluding hydrogens is 468 g/mol. The molecule has 4 aromatic rings.